The lowest BCUT2D eigenvalue weighted by atomic mass is 9.62. The number of aliphatic carboxylic acids is 2. The van der Waals surface area contributed by atoms with Crippen molar-refractivity contribution in [2.45, 2.75) is 12.8 Å². The van der Waals surface area contributed by atoms with Crippen LogP contribution in [0, 0.1) is 23.7 Å². The predicted molar refractivity (Wildman–Crippen MR) is 47.6 cm³/mol. The van der Waals surface area contributed by atoms with Crippen LogP contribution in [0.25, 0.3) is 0 Å². The van der Waals surface area contributed by atoms with E-state index in [1.807, 2.05) is 12.2 Å². The first-order valence-electron chi connectivity index (χ1n) is 4.75. The molecule has 0 radical (unpaired) electrons. The Morgan fingerprint density at radius 2 is 1.29 bits per heavy atom. The van der Waals surface area contributed by atoms with E-state index in [0.29, 0.717) is 0 Å². The van der Waals surface area contributed by atoms with E-state index in [2.05, 4.69) is 0 Å². The first-order valence-corrected chi connectivity index (χ1v) is 4.75. The van der Waals surface area contributed by atoms with Crippen molar-refractivity contribution in [1.82, 2.24) is 0 Å². The van der Waals surface area contributed by atoms with Gasteiger partial charge in [-0.3, -0.25) is 9.59 Å². The number of hydrogen-bond acceptors (Lipinski definition) is 2. The molecule has 14 heavy (non-hydrogen) atoms. The van der Waals surface area contributed by atoms with Crippen LogP contribution in [0.1, 0.15) is 12.8 Å². The molecule has 1 saturated carbocycles. The number of allylic oxidation sites excluding steroid dienone is 2. The van der Waals surface area contributed by atoms with E-state index >= 15 is 0 Å². The zero-order valence-corrected chi connectivity index (χ0v) is 7.59. The number of fused-ring (bicyclic) bond motifs is 2. The molecular formula is C10H12O4. The summed E-state index contributed by atoms with van der Waals surface area (Å²) in [4.78, 5) is 21.9. The van der Waals surface area contributed by atoms with Crippen molar-refractivity contribution in [3.63, 3.8) is 0 Å². The van der Waals surface area contributed by atoms with Gasteiger partial charge in [-0.2, -0.15) is 0 Å². The Hall–Kier alpha value is -1.32. The minimum Gasteiger partial charge on any atom is -0.481 e. The summed E-state index contributed by atoms with van der Waals surface area (Å²) in [5, 5.41) is 18.0. The van der Waals surface area contributed by atoms with Gasteiger partial charge in [-0.15, -0.1) is 0 Å². The maximum Gasteiger partial charge on any atom is 0.307 e. The van der Waals surface area contributed by atoms with Gasteiger partial charge < -0.3 is 10.2 Å². The maximum atomic E-state index is 11.0. The van der Waals surface area contributed by atoms with Gasteiger partial charge in [0.15, 0.2) is 0 Å². The summed E-state index contributed by atoms with van der Waals surface area (Å²) in [7, 11) is 0. The number of rotatable bonds is 2. The Balaban J connectivity index is 2.33. The van der Waals surface area contributed by atoms with E-state index < -0.39 is 23.8 Å². The van der Waals surface area contributed by atoms with Crippen LogP contribution in [0.3, 0.4) is 0 Å². The third-order valence-corrected chi connectivity index (χ3v) is 3.32. The second-order valence-electron chi connectivity index (χ2n) is 4.02. The molecule has 0 spiro atoms. The van der Waals surface area contributed by atoms with Crippen molar-refractivity contribution < 1.29 is 19.8 Å². The zero-order valence-electron chi connectivity index (χ0n) is 7.59. The quantitative estimate of drug-likeness (QED) is 0.646. The van der Waals surface area contributed by atoms with E-state index in [0.717, 1.165) is 12.8 Å². The van der Waals surface area contributed by atoms with Crippen molar-refractivity contribution in [3.05, 3.63) is 12.2 Å². The second-order valence-corrected chi connectivity index (χ2v) is 4.02. The van der Waals surface area contributed by atoms with Crippen molar-refractivity contribution >= 4 is 11.9 Å². The van der Waals surface area contributed by atoms with Gasteiger partial charge in [0.2, 0.25) is 0 Å². The minimum absolute atomic E-state index is 0.0846. The maximum absolute atomic E-state index is 11.0. The van der Waals surface area contributed by atoms with E-state index in [1.165, 1.54) is 0 Å². The third kappa shape index (κ3) is 1.22. The molecule has 0 saturated heterocycles. The molecule has 0 aliphatic heterocycles. The normalized spacial score (nSPS) is 39.7. The monoisotopic (exact) mass is 196 g/mol. The molecule has 0 amide bonds. The van der Waals surface area contributed by atoms with Crippen LogP contribution in [-0.2, 0) is 9.59 Å². The van der Waals surface area contributed by atoms with Crippen molar-refractivity contribution in [3.8, 4) is 0 Å². The van der Waals surface area contributed by atoms with Crippen LogP contribution >= 0.6 is 0 Å². The topological polar surface area (TPSA) is 74.6 Å². The summed E-state index contributed by atoms with van der Waals surface area (Å²) < 4.78 is 0. The van der Waals surface area contributed by atoms with Gasteiger partial charge in [-0.1, -0.05) is 12.2 Å². The van der Waals surface area contributed by atoms with Crippen LogP contribution in [0.2, 0.25) is 0 Å². The smallest absolute Gasteiger partial charge is 0.307 e. The summed E-state index contributed by atoms with van der Waals surface area (Å²) in [6, 6.07) is 0. The van der Waals surface area contributed by atoms with Gasteiger partial charge in [0.25, 0.3) is 0 Å². The molecule has 3 aliphatic rings. The van der Waals surface area contributed by atoms with Gasteiger partial charge in [0.1, 0.15) is 0 Å². The summed E-state index contributed by atoms with van der Waals surface area (Å²) in [6.45, 7) is 0. The van der Waals surface area contributed by atoms with Crippen LogP contribution in [-0.4, -0.2) is 22.2 Å². The van der Waals surface area contributed by atoms with Crippen LogP contribution < -0.4 is 0 Å². The molecule has 0 aromatic rings. The first kappa shape index (κ1) is 9.24. The molecule has 0 aromatic heterocycles. The average molecular weight is 196 g/mol. The molecule has 2 N–H and O–H groups in total. The summed E-state index contributed by atoms with van der Waals surface area (Å²) >= 11 is 0. The largest absolute Gasteiger partial charge is 0.481 e. The lowest BCUT2D eigenvalue weighted by Crippen LogP contribution is -2.45. The fourth-order valence-electron chi connectivity index (χ4n) is 2.67. The highest BCUT2D eigenvalue weighted by Gasteiger charge is 2.48. The van der Waals surface area contributed by atoms with Crippen molar-refractivity contribution in [2.75, 3.05) is 0 Å². The highest BCUT2D eigenvalue weighted by Crippen LogP contribution is 2.44. The lowest BCUT2D eigenvalue weighted by Gasteiger charge is -2.40. The molecule has 2 bridgehead atoms. The summed E-state index contributed by atoms with van der Waals surface area (Å²) in [5.74, 6) is -3.57. The third-order valence-electron chi connectivity index (χ3n) is 3.32. The number of carboxylic acid groups (broad SMARTS) is 2. The van der Waals surface area contributed by atoms with E-state index in [-0.39, 0.29) is 11.8 Å². The minimum atomic E-state index is -0.976. The van der Waals surface area contributed by atoms with Gasteiger partial charge in [0, 0.05) is 0 Å². The van der Waals surface area contributed by atoms with Gasteiger partial charge in [-0.05, 0) is 24.7 Å². The van der Waals surface area contributed by atoms with Gasteiger partial charge in [0.05, 0.1) is 11.8 Å². The fraction of sp³-hybridized carbons (Fsp3) is 0.600. The van der Waals surface area contributed by atoms with Gasteiger partial charge in [-0.25, -0.2) is 0 Å². The fourth-order valence-corrected chi connectivity index (χ4v) is 2.67. The van der Waals surface area contributed by atoms with Crippen molar-refractivity contribution in [1.29, 1.82) is 0 Å². The second kappa shape index (κ2) is 3.12. The van der Waals surface area contributed by atoms with E-state index in [1.54, 1.807) is 0 Å². The van der Waals surface area contributed by atoms with Gasteiger partial charge >= 0.3 is 11.9 Å². The van der Waals surface area contributed by atoms with Crippen LogP contribution in [0.5, 0.6) is 0 Å². The Morgan fingerprint density at radius 1 is 0.929 bits per heavy atom. The molecule has 4 nitrogen and oxygen atoms in total. The highest BCUT2D eigenvalue weighted by atomic mass is 16.4. The van der Waals surface area contributed by atoms with Crippen molar-refractivity contribution in [2.24, 2.45) is 23.7 Å². The molecule has 3 rings (SSSR count). The van der Waals surface area contributed by atoms with Crippen LogP contribution in [0.4, 0.5) is 0 Å². The zero-order chi connectivity index (χ0) is 10.3. The molecule has 1 fully saturated rings. The molecule has 76 valence electrons. The Labute approximate surface area is 81.2 Å². The first-order chi connectivity index (χ1) is 6.61. The predicted octanol–water partition coefficient (Wildman–Crippen LogP) is 0.984. The Bertz CT molecular complexity index is 277. The molecule has 0 unspecified atom stereocenters. The highest BCUT2D eigenvalue weighted by molar-refractivity contribution is 5.81. The standard InChI is InChI=1S/C10H12O4/c11-9(12)7-5-1-2-6(4-3-5)8(7)10(13)14/h1-2,5-8H,3-4H2,(H,11,12)(H,13,14)/t5-,6-,7+,8+/m1/s1. The molecule has 0 heterocycles. The number of carbonyl (C=O) groups is 2. The SMILES string of the molecule is O=C(O)[C@@H]1[C@@H](C(=O)O)[C@@H]2C=C[C@@H]1CC2. The molecule has 4 heteroatoms. The summed E-state index contributed by atoms with van der Waals surface area (Å²) in [5.41, 5.74) is 0. The molecule has 4 atom stereocenters. The summed E-state index contributed by atoms with van der Waals surface area (Å²) in [6.07, 6.45) is 5.35. The van der Waals surface area contributed by atoms with Crippen LogP contribution in [0.15, 0.2) is 12.2 Å². The van der Waals surface area contributed by atoms with E-state index in [4.69, 9.17) is 10.2 Å². The molecular weight excluding hydrogens is 184 g/mol. The Kier molecular flexibility index (Phi) is 2.06. The lowest BCUT2D eigenvalue weighted by molar-refractivity contribution is -0.160. The molecule has 0 aromatic carbocycles. The number of carboxylic acids is 2. The molecule has 3 aliphatic carbocycles. The average Bonchev–Trinajstić information content (AvgIpc) is 2.17. The number of hydrogen-bond donors (Lipinski definition) is 2. The van der Waals surface area contributed by atoms with E-state index in [9.17, 15) is 9.59 Å². The Morgan fingerprint density at radius 3 is 1.50 bits per heavy atom.